The Morgan fingerprint density at radius 3 is 2.65 bits per heavy atom. The topological polar surface area (TPSA) is 64.8 Å². The summed E-state index contributed by atoms with van der Waals surface area (Å²) in [7, 11) is 3.24. The zero-order valence-electron chi connectivity index (χ0n) is 14.1. The lowest BCUT2D eigenvalue weighted by Gasteiger charge is -2.28. The van der Waals surface area contributed by atoms with Gasteiger partial charge < -0.3 is 20.1 Å². The van der Waals surface area contributed by atoms with Crippen molar-refractivity contribution in [2.45, 2.75) is 44.7 Å². The number of ether oxygens (including phenoxy) is 2. The number of methoxy groups -OCH3 is 2. The van der Waals surface area contributed by atoms with Crippen molar-refractivity contribution in [1.82, 2.24) is 4.90 Å². The molecule has 1 aliphatic heterocycles. The normalized spacial score (nSPS) is 18.3. The van der Waals surface area contributed by atoms with Gasteiger partial charge in [0, 0.05) is 6.54 Å². The first-order valence-electron chi connectivity index (χ1n) is 7.90. The van der Waals surface area contributed by atoms with Gasteiger partial charge in [-0.05, 0) is 37.0 Å². The molecule has 6 heteroatoms. The van der Waals surface area contributed by atoms with Crippen LogP contribution in [0.2, 0.25) is 0 Å². The van der Waals surface area contributed by atoms with Gasteiger partial charge in [0.15, 0.2) is 11.5 Å². The van der Waals surface area contributed by atoms with Crippen LogP contribution >= 0.6 is 12.4 Å². The Balaban J connectivity index is 0.00000264. The number of carbonyl (C=O) groups excluding carboxylic acids is 1. The minimum atomic E-state index is -0.397. The Morgan fingerprint density at radius 1 is 1.35 bits per heavy atom. The van der Waals surface area contributed by atoms with E-state index in [4.69, 9.17) is 15.2 Å². The third-order valence-corrected chi connectivity index (χ3v) is 4.25. The van der Waals surface area contributed by atoms with Crippen molar-refractivity contribution in [3.05, 3.63) is 23.8 Å². The molecular weight excluding hydrogens is 316 g/mol. The number of amides is 1. The lowest BCUT2D eigenvalue weighted by molar-refractivity contribution is -0.133. The number of rotatable bonds is 6. The van der Waals surface area contributed by atoms with E-state index in [1.54, 1.807) is 14.2 Å². The van der Waals surface area contributed by atoms with Crippen LogP contribution in [-0.2, 0) is 4.79 Å². The molecule has 2 rings (SSSR count). The molecule has 0 aromatic heterocycles. The second kappa shape index (κ2) is 8.99. The first-order chi connectivity index (χ1) is 10.6. The highest BCUT2D eigenvalue weighted by Gasteiger charge is 2.32. The number of nitrogens with two attached hydrogens (primary N) is 1. The molecule has 5 nitrogen and oxygen atoms in total. The van der Waals surface area contributed by atoms with Gasteiger partial charge in [-0.3, -0.25) is 4.79 Å². The maximum absolute atomic E-state index is 12.5. The monoisotopic (exact) mass is 342 g/mol. The van der Waals surface area contributed by atoms with Crippen molar-refractivity contribution >= 4 is 18.3 Å². The van der Waals surface area contributed by atoms with E-state index in [2.05, 4.69) is 0 Å². The van der Waals surface area contributed by atoms with Crippen molar-refractivity contribution in [3.63, 3.8) is 0 Å². The zero-order valence-corrected chi connectivity index (χ0v) is 14.9. The highest BCUT2D eigenvalue weighted by atomic mass is 35.5. The van der Waals surface area contributed by atoms with Crippen LogP contribution in [-0.4, -0.2) is 37.6 Å². The van der Waals surface area contributed by atoms with Gasteiger partial charge in [-0.15, -0.1) is 12.4 Å². The summed E-state index contributed by atoms with van der Waals surface area (Å²) in [5, 5.41) is 0. The highest BCUT2D eigenvalue weighted by Crippen LogP contribution is 2.37. The molecule has 1 saturated heterocycles. The molecule has 0 spiro atoms. The van der Waals surface area contributed by atoms with Gasteiger partial charge in [0.05, 0.1) is 26.3 Å². The van der Waals surface area contributed by atoms with Gasteiger partial charge in [0.1, 0.15) is 0 Å². The van der Waals surface area contributed by atoms with Gasteiger partial charge in [-0.25, -0.2) is 0 Å². The largest absolute Gasteiger partial charge is 0.493 e. The molecule has 23 heavy (non-hydrogen) atoms. The average molecular weight is 343 g/mol. The zero-order chi connectivity index (χ0) is 16.1. The van der Waals surface area contributed by atoms with Crippen LogP contribution in [0.15, 0.2) is 18.2 Å². The molecule has 1 fully saturated rings. The highest BCUT2D eigenvalue weighted by molar-refractivity contribution is 5.85. The van der Waals surface area contributed by atoms with E-state index in [-0.39, 0.29) is 24.4 Å². The van der Waals surface area contributed by atoms with Crippen LogP contribution in [0.25, 0.3) is 0 Å². The standard InChI is InChI=1S/C17H26N2O3.ClH/c1-4-6-13(18)17(20)19-10-5-7-14(19)12-8-9-15(21-2)16(11-12)22-3;/h8-9,11,13-14H,4-7,10,18H2,1-3H3;1H. The molecule has 0 aliphatic carbocycles. The van der Waals surface area contributed by atoms with E-state index in [1.807, 2.05) is 30.0 Å². The number of carbonyl (C=O) groups is 1. The number of hydrogen-bond donors (Lipinski definition) is 1. The molecule has 0 saturated carbocycles. The third-order valence-electron chi connectivity index (χ3n) is 4.25. The summed E-state index contributed by atoms with van der Waals surface area (Å²) in [4.78, 5) is 14.5. The van der Waals surface area contributed by atoms with E-state index in [0.29, 0.717) is 11.5 Å². The van der Waals surface area contributed by atoms with Crippen molar-refractivity contribution in [2.75, 3.05) is 20.8 Å². The summed E-state index contributed by atoms with van der Waals surface area (Å²) in [5.74, 6) is 1.45. The fourth-order valence-electron chi connectivity index (χ4n) is 3.08. The lowest BCUT2D eigenvalue weighted by atomic mass is 10.0. The maximum atomic E-state index is 12.5. The van der Waals surface area contributed by atoms with Crippen LogP contribution in [0.3, 0.4) is 0 Å². The van der Waals surface area contributed by atoms with Gasteiger partial charge >= 0.3 is 0 Å². The SMILES string of the molecule is CCCC(N)C(=O)N1CCCC1c1ccc(OC)c(OC)c1.Cl. The van der Waals surface area contributed by atoms with E-state index in [9.17, 15) is 4.79 Å². The Morgan fingerprint density at radius 2 is 2.04 bits per heavy atom. The van der Waals surface area contributed by atoms with E-state index in [1.165, 1.54) is 0 Å². The van der Waals surface area contributed by atoms with Gasteiger partial charge in [-0.1, -0.05) is 19.4 Å². The predicted molar refractivity (Wildman–Crippen MR) is 93.4 cm³/mol. The number of nitrogens with zero attached hydrogens (tertiary/aromatic N) is 1. The smallest absolute Gasteiger partial charge is 0.239 e. The number of halogens is 1. The minimum absolute atomic E-state index is 0. The molecular formula is C17H27ClN2O3. The molecule has 2 N–H and O–H groups in total. The first kappa shape index (κ1) is 19.6. The first-order valence-corrected chi connectivity index (χ1v) is 7.90. The number of likely N-dealkylation sites (tertiary alicyclic amines) is 1. The van der Waals surface area contributed by atoms with E-state index >= 15 is 0 Å². The Labute approximate surface area is 144 Å². The van der Waals surface area contributed by atoms with Crippen LogP contribution in [0.4, 0.5) is 0 Å². The third kappa shape index (κ3) is 4.30. The Kier molecular flexibility index (Phi) is 7.65. The summed E-state index contributed by atoms with van der Waals surface area (Å²) in [6, 6.07) is 5.53. The number of benzene rings is 1. The van der Waals surface area contributed by atoms with E-state index < -0.39 is 6.04 Å². The van der Waals surface area contributed by atoms with Crippen molar-refractivity contribution in [1.29, 1.82) is 0 Å². The summed E-state index contributed by atoms with van der Waals surface area (Å²) in [6.45, 7) is 2.82. The molecule has 2 unspecified atom stereocenters. The van der Waals surface area contributed by atoms with E-state index in [0.717, 1.165) is 37.8 Å². The van der Waals surface area contributed by atoms with Crippen LogP contribution in [0.1, 0.15) is 44.2 Å². The molecule has 1 aromatic carbocycles. The minimum Gasteiger partial charge on any atom is -0.493 e. The van der Waals surface area contributed by atoms with Gasteiger partial charge in [0.2, 0.25) is 5.91 Å². The summed E-state index contributed by atoms with van der Waals surface area (Å²) < 4.78 is 10.6. The van der Waals surface area contributed by atoms with Gasteiger partial charge in [-0.2, -0.15) is 0 Å². The van der Waals surface area contributed by atoms with Crippen molar-refractivity contribution < 1.29 is 14.3 Å². The van der Waals surface area contributed by atoms with Crippen molar-refractivity contribution in [2.24, 2.45) is 5.73 Å². The molecule has 1 aliphatic rings. The Hall–Kier alpha value is -1.46. The second-order valence-corrected chi connectivity index (χ2v) is 5.70. The fraction of sp³-hybridized carbons (Fsp3) is 0.588. The number of hydrogen-bond acceptors (Lipinski definition) is 4. The summed E-state index contributed by atoms with van der Waals surface area (Å²) >= 11 is 0. The van der Waals surface area contributed by atoms with Crippen LogP contribution in [0.5, 0.6) is 11.5 Å². The van der Waals surface area contributed by atoms with Crippen molar-refractivity contribution in [3.8, 4) is 11.5 Å². The Bertz CT molecular complexity index is 525. The maximum Gasteiger partial charge on any atom is 0.239 e. The average Bonchev–Trinajstić information content (AvgIpc) is 3.03. The molecule has 1 aromatic rings. The molecule has 130 valence electrons. The molecule has 0 radical (unpaired) electrons. The molecule has 2 atom stereocenters. The molecule has 1 amide bonds. The quantitative estimate of drug-likeness (QED) is 0.863. The molecule has 0 bridgehead atoms. The van der Waals surface area contributed by atoms with Crippen LogP contribution in [0, 0.1) is 0 Å². The second-order valence-electron chi connectivity index (χ2n) is 5.70. The van der Waals surface area contributed by atoms with Gasteiger partial charge in [0.25, 0.3) is 0 Å². The van der Waals surface area contributed by atoms with Crippen LogP contribution < -0.4 is 15.2 Å². The predicted octanol–water partition coefficient (Wildman–Crippen LogP) is 2.92. The lowest BCUT2D eigenvalue weighted by Crippen LogP contribution is -2.43. The fourth-order valence-corrected chi connectivity index (χ4v) is 3.08. The summed E-state index contributed by atoms with van der Waals surface area (Å²) in [5.41, 5.74) is 7.09. The summed E-state index contributed by atoms with van der Waals surface area (Å²) in [6.07, 6.45) is 3.61. The molecule has 1 heterocycles.